The molecule has 12 heteroatoms. The number of anilines is 1. The lowest BCUT2D eigenvalue weighted by molar-refractivity contribution is -0.140. The van der Waals surface area contributed by atoms with Crippen molar-refractivity contribution in [2.24, 2.45) is 0 Å². The molecule has 1 N–H and O–H groups in total. The highest BCUT2D eigenvalue weighted by Crippen LogP contribution is 2.33. The van der Waals surface area contributed by atoms with E-state index in [1.807, 2.05) is 0 Å². The summed E-state index contributed by atoms with van der Waals surface area (Å²) in [6.07, 6.45) is -0.938. The summed E-state index contributed by atoms with van der Waals surface area (Å²) in [5.41, 5.74) is -0.879. The molecule has 43 heavy (non-hydrogen) atoms. The lowest BCUT2D eigenvalue weighted by Gasteiger charge is -2.34. The van der Waals surface area contributed by atoms with E-state index in [0.717, 1.165) is 37.8 Å². The van der Waals surface area contributed by atoms with Crippen molar-refractivity contribution in [3.63, 3.8) is 0 Å². The Morgan fingerprint density at radius 1 is 0.977 bits per heavy atom. The Labute approximate surface area is 254 Å². The van der Waals surface area contributed by atoms with Crippen LogP contribution in [0.2, 0.25) is 5.02 Å². The zero-order valence-electron chi connectivity index (χ0n) is 23.6. The molecule has 0 saturated heterocycles. The first-order valence-electron chi connectivity index (χ1n) is 14.0. The normalized spacial score (nSPS) is 14.7. The molecular weight excluding hydrogens is 603 g/mol. The molecule has 0 bridgehead atoms. The third-order valence-electron chi connectivity index (χ3n) is 7.46. The molecule has 1 atom stereocenters. The highest BCUT2D eigenvalue weighted by Gasteiger charge is 2.36. The fraction of sp³-hybridized carbons (Fsp3) is 0.355. The fourth-order valence-electron chi connectivity index (χ4n) is 5.18. The fourth-order valence-corrected chi connectivity index (χ4v) is 6.81. The molecule has 1 saturated carbocycles. The first-order chi connectivity index (χ1) is 20.4. The predicted molar refractivity (Wildman–Crippen MR) is 159 cm³/mol. The Morgan fingerprint density at radius 3 is 2.26 bits per heavy atom. The smallest absolute Gasteiger partial charge is 0.352 e. The Hall–Kier alpha value is -3.57. The Morgan fingerprint density at radius 2 is 1.63 bits per heavy atom. The summed E-state index contributed by atoms with van der Waals surface area (Å²) in [7, 11) is -4.51. The lowest BCUT2D eigenvalue weighted by Crippen LogP contribution is -2.53. The number of hydrogen-bond donors (Lipinski definition) is 1. The molecule has 0 radical (unpaired) electrons. The minimum Gasteiger partial charge on any atom is -0.352 e. The second-order valence-corrected chi connectivity index (χ2v) is 12.7. The van der Waals surface area contributed by atoms with Crippen LogP contribution in [0.15, 0.2) is 83.8 Å². The van der Waals surface area contributed by atoms with E-state index in [4.69, 9.17) is 11.6 Å². The highest BCUT2D eigenvalue weighted by atomic mass is 35.5. The highest BCUT2D eigenvalue weighted by molar-refractivity contribution is 7.92. The van der Waals surface area contributed by atoms with Crippen LogP contribution in [0.4, 0.5) is 18.9 Å². The number of hydrogen-bond acceptors (Lipinski definition) is 4. The number of alkyl halides is 3. The zero-order valence-corrected chi connectivity index (χ0v) is 25.1. The molecule has 230 valence electrons. The minimum atomic E-state index is -4.75. The van der Waals surface area contributed by atoms with Crippen molar-refractivity contribution in [3.05, 3.63) is 95.0 Å². The van der Waals surface area contributed by atoms with E-state index >= 15 is 0 Å². The Balaban J connectivity index is 1.76. The molecule has 4 rings (SSSR count). The van der Waals surface area contributed by atoms with Gasteiger partial charge < -0.3 is 10.2 Å². The van der Waals surface area contributed by atoms with Crippen molar-refractivity contribution in [3.8, 4) is 0 Å². The van der Waals surface area contributed by atoms with Crippen LogP contribution in [0, 0.1) is 0 Å². The monoisotopic (exact) mass is 635 g/mol. The molecule has 0 unspecified atom stereocenters. The van der Waals surface area contributed by atoms with Crippen LogP contribution in [0.25, 0.3) is 0 Å². The molecule has 3 aromatic rings. The van der Waals surface area contributed by atoms with Crippen LogP contribution >= 0.6 is 11.6 Å². The van der Waals surface area contributed by atoms with Gasteiger partial charge in [0.2, 0.25) is 11.8 Å². The van der Waals surface area contributed by atoms with Crippen molar-refractivity contribution < 1.29 is 31.2 Å². The summed E-state index contributed by atoms with van der Waals surface area (Å²) >= 11 is 6.40. The maximum absolute atomic E-state index is 14.1. The molecule has 0 aromatic heterocycles. The van der Waals surface area contributed by atoms with Crippen molar-refractivity contribution in [1.82, 2.24) is 10.2 Å². The van der Waals surface area contributed by atoms with Gasteiger partial charge in [-0.1, -0.05) is 73.8 Å². The van der Waals surface area contributed by atoms with Gasteiger partial charge in [-0.05, 0) is 61.2 Å². The lowest BCUT2D eigenvalue weighted by atomic mass is 10.1. The number of amides is 2. The summed E-state index contributed by atoms with van der Waals surface area (Å²) in [6.45, 7) is 0.768. The standard InChI is InChI=1S/C31H33ClF3N3O4S/c1-2-28(30(40)36-24-13-7-8-14-24)37(20-22-11-6-9-18-27(22)32)29(39)21-38(43(41,42)26-16-4-3-5-17-26)25-15-10-12-23(19-25)31(33,34)35/h3-6,9-12,15-19,24,28H,2,7-8,13-14,20-21H2,1H3,(H,36,40)/t28-/m0/s1. The van der Waals surface area contributed by atoms with Crippen LogP contribution < -0.4 is 9.62 Å². The number of nitrogens with one attached hydrogen (secondary N) is 1. The number of benzene rings is 3. The van der Waals surface area contributed by atoms with Crippen molar-refractivity contribution in [1.29, 1.82) is 0 Å². The van der Waals surface area contributed by atoms with Gasteiger partial charge >= 0.3 is 6.18 Å². The van der Waals surface area contributed by atoms with E-state index in [0.29, 0.717) is 21.0 Å². The van der Waals surface area contributed by atoms with Crippen LogP contribution in [-0.4, -0.2) is 43.8 Å². The third kappa shape index (κ3) is 7.88. The Kier molecular flexibility index (Phi) is 10.4. The summed E-state index contributed by atoms with van der Waals surface area (Å²) in [4.78, 5) is 28.7. The minimum absolute atomic E-state index is 0.0288. The average molecular weight is 636 g/mol. The van der Waals surface area contributed by atoms with E-state index in [1.165, 1.54) is 35.2 Å². The van der Waals surface area contributed by atoms with Gasteiger partial charge in [-0.25, -0.2) is 8.42 Å². The SMILES string of the molecule is CC[C@@H](C(=O)NC1CCCC1)N(Cc1ccccc1Cl)C(=O)CN(c1cccc(C(F)(F)F)c1)S(=O)(=O)c1ccccc1. The van der Waals surface area contributed by atoms with Crippen LogP contribution in [0.1, 0.15) is 50.2 Å². The molecular formula is C31H33ClF3N3O4S. The van der Waals surface area contributed by atoms with Crippen molar-refractivity contribution >= 4 is 39.1 Å². The van der Waals surface area contributed by atoms with Crippen molar-refractivity contribution in [2.45, 2.75) is 68.7 Å². The van der Waals surface area contributed by atoms with Gasteiger partial charge in [-0.2, -0.15) is 13.2 Å². The van der Waals surface area contributed by atoms with Gasteiger partial charge in [0.05, 0.1) is 16.1 Å². The zero-order chi connectivity index (χ0) is 31.2. The number of sulfonamides is 1. The first kappa shape index (κ1) is 32.3. The molecule has 1 aliphatic carbocycles. The molecule has 1 fully saturated rings. The van der Waals surface area contributed by atoms with Gasteiger partial charge in [0.1, 0.15) is 12.6 Å². The van der Waals surface area contributed by atoms with Gasteiger partial charge in [-0.3, -0.25) is 13.9 Å². The average Bonchev–Trinajstić information content (AvgIpc) is 3.49. The van der Waals surface area contributed by atoms with Gasteiger partial charge in [0.25, 0.3) is 10.0 Å². The topological polar surface area (TPSA) is 86.8 Å². The van der Waals surface area contributed by atoms with Gasteiger partial charge in [0, 0.05) is 17.6 Å². The summed E-state index contributed by atoms with van der Waals surface area (Å²) in [5.74, 6) is -1.16. The number of rotatable bonds is 11. The molecule has 1 aliphatic rings. The summed E-state index contributed by atoms with van der Waals surface area (Å²) < 4.78 is 69.2. The summed E-state index contributed by atoms with van der Waals surface area (Å²) in [5, 5.41) is 3.35. The molecule has 3 aromatic carbocycles. The molecule has 0 aliphatic heterocycles. The maximum atomic E-state index is 14.1. The predicted octanol–water partition coefficient (Wildman–Crippen LogP) is 6.42. The molecule has 7 nitrogen and oxygen atoms in total. The van der Waals surface area contributed by atoms with Crippen LogP contribution in [0.3, 0.4) is 0 Å². The Bertz CT molecular complexity index is 1530. The molecule has 2 amide bonds. The van der Waals surface area contributed by atoms with Gasteiger partial charge in [0.15, 0.2) is 0 Å². The quantitative estimate of drug-likeness (QED) is 0.263. The van der Waals surface area contributed by atoms with E-state index < -0.39 is 40.3 Å². The van der Waals surface area contributed by atoms with Crippen molar-refractivity contribution in [2.75, 3.05) is 10.8 Å². The first-order valence-corrected chi connectivity index (χ1v) is 15.8. The van der Waals surface area contributed by atoms with E-state index in [9.17, 15) is 31.2 Å². The van der Waals surface area contributed by atoms with E-state index in [-0.39, 0.29) is 35.5 Å². The number of nitrogens with zero attached hydrogens (tertiary/aromatic N) is 2. The summed E-state index contributed by atoms with van der Waals surface area (Å²) in [6, 6.07) is 16.7. The second-order valence-electron chi connectivity index (χ2n) is 10.4. The van der Waals surface area contributed by atoms with E-state index in [2.05, 4.69) is 5.32 Å². The van der Waals surface area contributed by atoms with E-state index in [1.54, 1.807) is 37.3 Å². The van der Waals surface area contributed by atoms with Gasteiger partial charge in [-0.15, -0.1) is 0 Å². The number of carbonyl (C=O) groups is 2. The largest absolute Gasteiger partial charge is 0.416 e. The number of carbonyl (C=O) groups excluding carboxylic acids is 2. The van der Waals surface area contributed by atoms with Crippen LogP contribution in [0.5, 0.6) is 0 Å². The molecule has 0 spiro atoms. The third-order valence-corrected chi connectivity index (χ3v) is 9.61. The maximum Gasteiger partial charge on any atom is 0.416 e. The number of halogens is 4. The molecule has 0 heterocycles. The van der Waals surface area contributed by atoms with Crippen LogP contribution in [-0.2, 0) is 32.3 Å². The second kappa shape index (κ2) is 13.8.